The summed E-state index contributed by atoms with van der Waals surface area (Å²) in [5.74, 6) is 2.06. The number of aromatic nitrogens is 2. The summed E-state index contributed by atoms with van der Waals surface area (Å²) >= 11 is 0. The minimum absolute atomic E-state index is 0.0851. The SMILES string of the molecule is O=C(CCc1nc(-c2ccco2)no1)N[C@@H]1COc2ccccc21. The van der Waals surface area contributed by atoms with Crippen molar-refractivity contribution in [2.24, 2.45) is 0 Å². The maximum absolute atomic E-state index is 12.1. The molecule has 1 atom stereocenters. The van der Waals surface area contributed by atoms with E-state index in [1.54, 1.807) is 18.4 Å². The van der Waals surface area contributed by atoms with Gasteiger partial charge in [0.1, 0.15) is 12.4 Å². The molecule has 1 aliphatic heterocycles. The van der Waals surface area contributed by atoms with Gasteiger partial charge in [-0.1, -0.05) is 23.4 Å². The summed E-state index contributed by atoms with van der Waals surface area (Å²) in [6, 6.07) is 11.1. The van der Waals surface area contributed by atoms with E-state index < -0.39 is 0 Å². The first-order valence-electron chi connectivity index (χ1n) is 7.67. The highest BCUT2D eigenvalue weighted by atomic mass is 16.5. The van der Waals surface area contributed by atoms with E-state index in [9.17, 15) is 4.79 Å². The Hall–Kier alpha value is -3.09. The largest absolute Gasteiger partial charge is 0.491 e. The number of carbonyl (C=O) groups excluding carboxylic acids is 1. The van der Waals surface area contributed by atoms with Gasteiger partial charge in [0.05, 0.1) is 12.3 Å². The molecule has 3 aromatic rings. The average Bonchev–Trinajstić information content (AvgIpc) is 3.34. The second-order valence-corrected chi connectivity index (χ2v) is 5.46. The van der Waals surface area contributed by atoms with E-state index in [1.807, 2.05) is 24.3 Å². The number of para-hydroxylation sites is 1. The Balaban J connectivity index is 1.33. The molecule has 0 radical (unpaired) electrons. The Labute approximate surface area is 137 Å². The Kier molecular flexibility index (Phi) is 3.74. The van der Waals surface area contributed by atoms with Crippen molar-refractivity contribution in [2.45, 2.75) is 18.9 Å². The molecular weight excluding hydrogens is 310 g/mol. The maximum atomic E-state index is 12.1. The smallest absolute Gasteiger partial charge is 0.238 e. The Bertz CT molecular complexity index is 841. The van der Waals surface area contributed by atoms with Crippen LogP contribution in [-0.2, 0) is 11.2 Å². The van der Waals surface area contributed by atoms with E-state index in [0.717, 1.165) is 11.3 Å². The van der Waals surface area contributed by atoms with Gasteiger partial charge < -0.3 is 19.0 Å². The average molecular weight is 325 g/mol. The van der Waals surface area contributed by atoms with Crippen LogP contribution in [0.4, 0.5) is 0 Å². The number of furan rings is 1. The van der Waals surface area contributed by atoms with Crippen molar-refractivity contribution in [3.63, 3.8) is 0 Å². The molecule has 0 fully saturated rings. The van der Waals surface area contributed by atoms with Crippen LogP contribution < -0.4 is 10.1 Å². The number of fused-ring (bicyclic) bond motifs is 1. The summed E-state index contributed by atoms with van der Waals surface area (Å²) < 4.78 is 15.9. The van der Waals surface area contributed by atoms with Crippen molar-refractivity contribution in [2.75, 3.05) is 6.61 Å². The number of rotatable bonds is 5. The fourth-order valence-corrected chi connectivity index (χ4v) is 2.63. The molecule has 0 aliphatic carbocycles. The van der Waals surface area contributed by atoms with Gasteiger partial charge in [-0.05, 0) is 18.2 Å². The lowest BCUT2D eigenvalue weighted by atomic mass is 10.1. The molecule has 24 heavy (non-hydrogen) atoms. The molecule has 3 heterocycles. The normalized spacial score (nSPS) is 15.8. The molecule has 1 amide bonds. The summed E-state index contributed by atoms with van der Waals surface area (Å²) in [6.07, 6.45) is 2.17. The van der Waals surface area contributed by atoms with Gasteiger partial charge in [0.2, 0.25) is 17.6 Å². The summed E-state index contributed by atoms with van der Waals surface area (Å²) in [5, 5.41) is 6.81. The molecule has 122 valence electrons. The van der Waals surface area contributed by atoms with Gasteiger partial charge in [0.15, 0.2) is 5.76 Å². The van der Waals surface area contributed by atoms with Crippen LogP contribution in [0.2, 0.25) is 0 Å². The van der Waals surface area contributed by atoms with Crippen molar-refractivity contribution < 1.29 is 18.5 Å². The van der Waals surface area contributed by atoms with Crippen LogP contribution in [0, 0.1) is 0 Å². The van der Waals surface area contributed by atoms with Crippen LogP contribution in [0.3, 0.4) is 0 Å². The molecule has 7 nitrogen and oxygen atoms in total. The number of hydrogen-bond donors (Lipinski definition) is 1. The standard InChI is InChI=1S/C17H15N3O4/c21-15(18-12-10-23-13-5-2-1-4-11(12)13)7-8-16-19-17(20-24-16)14-6-3-9-22-14/h1-6,9,12H,7-8,10H2,(H,18,21)/t12-/m1/s1. The predicted octanol–water partition coefficient (Wildman–Crippen LogP) is 2.51. The number of ether oxygens (including phenoxy) is 1. The monoisotopic (exact) mass is 325 g/mol. The molecule has 1 aromatic carbocycles. The molecule has 4 rings (SSSR count). The van der Waals surface area contributed by atoms with E-state index in [0.29, 0.717) is 30.5 Å². The van der Waals surface area contributed by atoms with E-state index in [1.165, 1.54) is 0 Å². The lowest BCUT2D eigenvalue weighted by molar-refractivity contribution is -0.122. The van der Waals surface area contributed by atoms with Crippen molar-refractivity contribution >= 4 is 5.91 Å². The number of amides is 1. The minimum atomic E-state index is -0.116. The van der Waals surface area contributed by atoms with E-state index in [-0.39, 0.29) is 18.4 Å². The van der Waals surface area contributed by atoms with Gasteiger partial charge in [-0.3, -0.25) is 4.79 Å². The van der Waals surface area contributed by atoms with Crippen LogP contribution in [0.5, 0.6) is 5.75 Å². The molecular formula is C17H15N3O4. The number of benzene rings is 1. The van der Waals surface area contributed by atoms with E-state index in [4.69, 9.17) is 13.7 Å². The number of carbonyl (C=O) groups is 1. The highest BCUT2D eigenvalue weighted by Crippen LogP contribution is 2.31. The molecule has 0 spiro atoms. The quantitative estimate of drug-likeness (QED) is 0.775. The summed E-state index contributed by atoms with van der Waals surface area (Å²) in [4.78, 5) is 16.4. The highest BCUT2D eigenvalue weighted by Gasteiger charge is 2.25. The second-order valence-electron chi connectivity index (χ2n) is 5.46. The first-order valence-corrected chi connectivity index (χ1v) is 7.67. The van der Waals surface area contributed by atoms with Gasteiger partial charge in [0.25, 0.3) is 0 Å². The van der Waals surface area contributed by atoms with Gasteiger partial charge in [-0.15, -0.1) is 0 Å². The first kappa shape index (κ1) is 14.5. The lowest BCUT2D eigenvalue weighted by Crippen LogP contribution is -2.29. The third-order valence-electron chi connectivity index (χ3n) is 3.81. The van der Waals surface area contributed by atoms with Crippen LogP contribution >= 0.6 is 0 Å². The third kappa shape index (κ3) is 2.88. The first-order chi connectivity index (χ1) is 11.8. The van der Waals surface area contributed by atoms with Crippen LogP contribution in [0.25, 0.3) is 11.6 Å². The molecule has 1 aliphatic rings. The molecule has 0 saturated heterocycles. The Morgan fingerprint density at radius 2 is 2.17 bits per heavy atom. The summed E-state index contributed by atoms with van der Waals surface area (Å²) in [7, 11) is 0. The topological polar surface area (TPSA) is 90.4 Å². The second kappa shape index (κ2) is 6.19. The molecule has 0 unspecified atom stereocenters. The molecule has 0 saturated carbocycles. The molecule has 1 N–H and O–H groups in total. The number of aryl methyl sites for hydroxylation is 1. The zero-order valence-corrected chi connectivity index (χ0v) is 12.8. The zero-order valence-electron chi connectivity index (χ0n) is 12.8. The zero-order chi connectivity index (χ0) is 16.4. The fraction of sp³-hybridized carbons (Fsp3) is 0.235. The van der Waals surface area contributed by atoms with Crippen molar-refractivity contribution in [1.29, 1.82) is 0 Å². The van der Waals surface area contributed by atoms with Gasteiger partial charge in [-0.2, -0.15) is 4.98 Å². The predicted molar refractivity (Wildman–Crippen MR) is 83.1 cm³/mol. The number of nitrogens with zero attached hydrogens (tertiary/aromatic N) is 2. The van der Waals surface area contributed by atoms with Gasteiger partial charge in [0, 0.05) is 18.4 Å². The molecule has 7 heteroatoms. The Morgan fingerprint density at radius 1 is 1.25 bits per heavy atom. The van der Waals surface area contributed by atoms with E-state index in [2.05, 4.69) is 15.5 Å². The minimum Gasteiger partial charge on any atom is -0.491 e. The van der Waals surface area contributed by atoms with Crippen molar-refractivity contribution in [3.05, 3.63) is 54.1 Å². The van der Waals surface area contributed by atoms with Crippen LogP contribution in [0.1, 0.15) is 23.9 Å². The maximum Gasteiger partial charge on any atom is 0.238 e. The van der Waals surface area contributed by atoms with Crippen LogP contribution in [-0.4, -0.2) is 22.7 Å². The summed E-state index contributed by atoms with van der Waals surface area (Å²) in [6.45, 7) is 0.453. The van der Waals surface area contributed by atoms with Gasteiger partial charge in [-0.25, -0.2) is 0 Å². The molecule has 0 bridgehead atoms. The Morgan fingerprint density at radius 3 is 3.04 bits per heavy atom. The van der Waals surface area contributed by atoms with Crippen LogP contribution in [0.15, 0.2) is 51.6 Å². The lowest BCUT2D eigenvalue weighted by Gasteiger charge is -2.10. The van der Waals surface area contributed by atoms with Crippen molar-refractivity contribution in [3.8, 4) is 17.3 Å². The fourth-order valence-electron chi connectivity index (χ4n) is 2.63. The van der Waals surface area contributed by atoms with Gasteiger partial charge >= 0.3 is 0 Å². The van der Waals surface area contributed by atoms with E-state index >= 15 is 0 Å². The third-order valence-corrected chi connectivity index (χ3v) is 3.81. The summed E-state index contributed by atoms with van der Waals surface area (Å²) in [5.41, 5.74) is 1.00. The molecule has 2 aromatic heterocycles. The number of hydrogen-bond acceptors (Lipinski definition) is 6. The van der Waals surface area contributed by atoms with Crippen molar-refractivity contribution in [1.82, 2.24) is 15.5 Å². The number of nitrogens with one attached hydrogen (secondary N) is 1. The highest BCUT2D eigenvalue weighted by molar-refractivity contribution is 5.77.